The van der Waals surface area contributed by atoms with Crippen LogP contribution >= 0.6 is 0 Å². The Morgan fingerprint density at radius 2 is 1.52 bits per heavy atom. The molecule has 25 heavy (non-hydrogen) atoms. The molecule has 1 saturated carbocycles. The molecule has 1 saturated heterocycles. The average Bonchev–Trinajstić information content (AvgIpc) is 3.18. The number of fused-ring (bicyclic) bond motifs is 1. The molecule has 0 radical (unpaired) electrons. The van der Waals surface area contributed by atoms with Gasteiger partial charge in [0.2, 0.25) is 0 Å². The number of ketones is 4. The van der Waals surface area contributed by atoms with Crippen LogP contribution in [0.1, 0.15) is 54.4 Å². The van der Waals surface area contributed by atoms with Gasteiger partial charge in [0.15, 0.2) is 40.6 Å². The third kappa shape index (κ3) is 3.19. The molecule has 0 amide bonds. The highest BCUT2D eigenvalue weighted by atomic mass is 16.6. The minimum atomic E-state index is -0.779. The number of epoxide rings is 1. The molecule has 2 unspecified atom stereocenters. The first-order valence-electron chi connectivity index (χ1n) is 8.36. The molecular weight excluding hydrogens is 324 g/mol. The highest BCUT2D eigenvalue weighted by molar-refractivity contribution is 6.12. The summed E-state index contributed by atoms with van der Waals surface area (Å²) >= 11 is 0. The smallest absolute Gasteiger partial charge is 0.198 e. The number of methoxy groups -OCH3 is 1. The summed E-state index contributed by atoms with van der Waals surface area (Å²) in [6.45, 7) is 10.5. The van der Waals surface area contributed by atoms with Crippen molar-refractivity contribution >= 4 is 23.1 Å². The van der Waals surface area contributed by atoms with E-state index < -0.39 is 22.5 Å². The van der Waals surface area contributed by atoms with Crippen LogP contribution in [0.2, 0.25) is 0 Å². The third-order valence-electron chi connectivity index (χ3n) is 5.14. The lowest BCUT2D eigenvalue weighted by atomic mass is 9.71. The van der Waals surface area contributed by atoms with Crippen LogP contribution in [0.4, 0.5) is 0 Å². The Kier molecular flexibility index (Phi) is 4.58. The van der Waals surface area contributed by atoms with Gasteiger partial charge < -0.3 is 9.47 Å². The topological polar surface area (TPSA) is 90.0 Å². The van der Waals surface area contributed by atoms with Crippen molar-refractivity contribution in [1.29, 1.82) is 0 Å². The predicted octanol–water partition coefficient (Wildman–Crippen LogP) is 2.19. The number of rotatable bonds is 1. The molecule has 2 aliphatic carbocycles. The molecule has 3 rings (SSSR count). The maximum absolute atomic E-state index is 11.7. The normalized spacial score (nSPS) is 32.7. The van der Waals surface area contributed by atoms with Gasteiger partial charge in [-0.2, -0.15) is 0 Å². The van der Waals surface area contributed by atoms with Crippen molar-refractivity contribution in [3.63, 3.8) is 0 Å². The summed E-state index contributed by atoms with van der Waals surface area (Å²) < 4.78 is 10.0. The Balaban J connectivity index is 0.000000181. The summed E-state index contributed by atoms with van der Waals surface area (Å²) in [6.07, 6.45) is 0.136. The van der Waals surface area contributed by atoms with Crippen LogP contribution in [0.25, 0.3) is 0 Å². The zero-order valence-electron chi connectivity index (χ0n) is 15.9. The highest BCUT2D eigenvalue weighted by Crippen LogP contribution is 2.49. The fourth-order valence-electron chi connectivity index (χ4n) is 3.69. The number of carbonyl (C=O) groups excluding carboxylic acids is 4. The average molecular weight is 350 g/mol. The number of allylic oxidation sites excluding steroid dienone is 2. The minimum Gasteiger partial charge on any atom is -0.493 e. The molecule has 0 bridgehead atoms. The molecule has 1 aliphatic heterocycles. The van der Waals surface area contributed by atoms with Crippen LogP contribution in [0.3, 0.4) is 0 Å². The Hall–Kier alpha value is -1.82. The van der Waals surface area contributed by atoms with Gasteiger partial charge in [0.25, 0.3) is 0 Å². The van der Waals surface area contributed by atoms with Gasteiger partial charge in [-0.15, -0.1) is 0 Å². The van der Waals surface area contributed by atoms with E-state index in [4.69, 9.17) is 9.47 Å². The summed E-state index contributed by atoms with van der Waals surface area (Å²) in [4.78, 5) is 46.1. The van der Waals surface area contributed by atoms with Gasteiger partial charge in [0.1, 0.15) is 0 Å². The molecule has 0 aromatic heterocycles. The summed E-state index contributed by atoms with van der Waals surface area (Å²) in [5, 5.41) is 0. The monoisotopic (exact) mass is 350 g/mol. The number of Topliss-reactive ketones (excluding diaryl/α,β-unsaturated/α-hetero) is 4. The van der Waals surface area contributed by atoms with Gasteiger partial charge in [-0.05, 0) is 13.8 Å². The number of ether oxygens (including phenoxy) is 2. The van der Waals surface area contributed by atoms with Crippen molar-refractivity contribution in [2.24, 2.45) is 10.8 Å². The second-order valence-corrected chi connectivity index (χ2v) is 8.43. The summed E-state index contributed by atoms with van der Waals surface area (Å²) in [5.41, 5.74) is -1.43. The quantitative estimate of drug-likeness (QED) is 0.673. The second kappa shape index (κ2) is 5.87. The van der Waals surface area contributed by atoms with Crippen molar-refractivity contribution in [3.05, 3.63) is 11.3 Å². The van der Waals surface area contributed by atoms with Crippen LogP contribution in [-0.4, -0.2) is 41.9 Å². The molecule has 2 fully saturated rings. The van der Waals surface area contributed by atoms with Crippen molar-refractivity contribution in [2.75, 3.05) is 7.11 Å². The third-order valence-corrected chi connectivity index (χ3v) is 5.14. The van der Waals surface area contributed by atoms with E-state index in [1.807, 2.05) is 0 Å². The molecule has 0 N–H and O–H groups in total. The Morgan fingerprint density at radius 1 is 0.960 bits per heavy atom. The Morgan fingerprint density at radius 3 is 2.04 bits per heavy atom. The first-order chi connectivity index (χ1) is 11.3. The highest BCUT2D eigenvalue weighted by Gasteiger charge is 2.68. The predicted molar refractivity (Wildman–Crippen MR) is 89.8 cm³/mol. The SMILES string of the molecule is CC1(C)CC(=O)C2OC2(C)C1=O.COC1=C(C)C(=O)C(C)(C)CC1=O. The fourth-order valence-corrected chi connectivity index (χ4v) is 3.69. The lowest BCUT2D eigenvalue weighted by Crippen LogP contribution is -2.45. The fraction of sp³-hybridized carbons (Fsp3) is 0.684. The second-order valence-electron chi connectivity index (χ2n) is 8.43. The van der Waals surface area contributed by atoms with E-state index in [2.05, 4.69) is 0 Å². The molecule has 0 aromatic rings. The maximum atomic E-state index is 11.7. The number of hydrogen-bond acceptors (Lipinski definition) is 6. The summed E-state index contributed by atoms with van der Waals surface area (Å²) in [6, 6.07) is 0. The maximum Gasteiger partial charge on any atom is 0.198 e. The van der Waals surface area contributed by atoms with Crippen molar-refractivity contribution in [3.8, 4) is 0 Å². The van der Waals surface area contributed by atoms with Gasteiger partial charge in [-0.1, -0.05) is 27.7 Å². The van der Waals surface area contributed by atoms with Gasteiger partial charge in [-0.25, -0.2) is 0 Å². The molecule has 1 heterocycles. The van der Waals surface area contributed by atoms with Crippen molar-refractivity contribution in [1.82, 2.24) is 0 Å². The van der Waals surface area contributed by atoms with Crippen LogP contribution in [0.5, 0.6) is 0 Å². The molecule has 138 valence electrons. The van der Waals surface area contributed by atoms with Crippen molar-refractivity contribution in [2.45, 2.75) is 66.1 Å². The zero-order valence-corrected chi connectivity index (χ0v) is 15.9. The van der Waals surface area contributed by atoms with E-state index in [0.29, 0.717) is 12.0 Å². The van der Waals surface area contributed by atoms with E-state index in [1.165, 1.54) is 7.11 Å². The van der Waals surface area contributed by atoms with Gasteiger partial charge in [-0.3, -0.25) is 19.2 Å². The van der Waals surface area contributed by atoms with E-state index in [-0.39, 0.29) is 35.3 Å². The minimum absolute atomic E-state index is 0.00366. The van der Waals surface area contributed by atoms with E-state index >= 15 is 0 Å². The van der Waals surface area contributed by atoms with Crippen LogP contribution in [0.15, 0.2) is 11.3 Å². The zero-order chi connectivity index (χ0) is 19.4. The molecule has 6 nitrogen and oxygen atoms in total. The number of carbonyl (C=O) groups is 4. The lowest BCUT2D eigenvalue weighted by Gasteiger charge is -2.28. The first-order valence-corrected chi connectivity index (χ1v) is 8.36. The molecular formula is C19H26O6. The van der Waals surface area contributed by atoms with E-state index in [0.717, 1.165) is 0 Å². The van der Waals surface area contributed by atoms with E-state index in [1.54, 1.807) is 41.5 Å². The largest absolute Gasteiger partial charge is 0.493 e. The van der Waals surface area contributed by atoms with Crippen LogP contribution in [0, 0.1) is 10.8 Å². The first kappa shape index (κ1) is 19.5. The summed E-state index contributed by atoms with van der Waals surface area (Å²) in [5.74, 6) is 0.291. The van der Waals surface area contributed by atoms with Crippen LogP contribution in [-0.2, 0) is 28.7 Å². The van der Waals surface area contributed by atoms with Gasteiger partial charge >= 0.3 is 0 Å². The molecule has 6 heteroatoms. The molecule has 2 atom stereocenters. The summed E-state index contributed by atoms with van der Waals surface area (Å²) in [7, 11) is 1.42. The standard InChI is InChI=1S/C10H14O3.C9H12O3/c1-6-8(13-4)7(11)5-10(2,3)9(6)12;1-8(2)4-5(10)6-9(3,12-6)7(8)11/h5H2,1-4H3;6H,4H2,1-3H3. The molecule has 0 spiro atoms. The Bertz CT molecular complexity index is 690. The molecule has 3 aliphatic rings. The van der Waals surface area contributed by atoms with E-state index in [9.17, 15) is 19.2 Å². The van der Waals surface area contributed by atoms with Gasteiger partial charge in [0.05, 0.1) is 7.11 Å². The lowest BCUT2D eigenvalue weighted by molar-refractivity contribution is -0.137. The number of hydrogen-bond donors (Lipinski definition) is 0. The van der Waals surface area contributed by atoms with Gasteiger partial charge in [0, 0.05) is 29.2 Å². The van der Waals surface area contributed by atoms with Crippen LogP contribution < -0.4 is 0 Å². The molecule has 0 aromatic carbocycles. The Labute approximate surface area is 147 Å². The van der Waals surface area contributed by atoms with Crippen molar-refractivity contribution < 1.29 is 28.7 Å².